The minimum atomic E-state index is -1.61. The van der Waals surface area contributed by atoms with E-state index in [0.717, 1.165) is 16.6 Å². The molecule has 28 heavy (non-hydrogen) atoms. The standard InChI is InChI=1S/C22H16ClN3O2/c23-18-8-4-1-5-14(18)12-26-21(27)16-6-2-3-7-17(16)22(26,28)15-9-10-19-20(11-15)25-13-24-19/h1-11,13,28H,12H2,(H,24,25). The Morgan fingerprint density at radius 1 is 1.07 bits per heavy atom. The predicted molar refractivity (Wildman–Crippen MR) is 107 cm³/mol. The van der Waals surface area contributed by atoms with Gasteiger partial charge in [0.2, 0.25) is 0 Å². The van der Waals surface area contributed by atoms with E-state index in [9.17, 15) is 9.90 Å². The summed E-state index contributed by atoms with van der Waals surface area (Å²) in [5, 5.41) is 12.5. The molecule has 4 aromatic rings. The molecule has 1 aliphatic rings. The highest BCUT2D eigenvalue weighted by atomic mass is 35.5. The first-order valence-electron chi connectivity index (χ1n) is 8.90. The van der Waals surface area contributed by atoms with Gasteiger partial charge in [-0.15, -0.1) is 0 Å². The van der Waals surface area contributed by atoms with Gasteiger partial charge in [0.05, 0.1) is 23.9 Å². The highest BCUT2D eigenvalue weighted by molar-refractivity contribution is 6.31. The largest absolute Gasteiger partial charge is 0.363 e. The second-order valence-electron chi connectivity index (χ2n) is 6.83. The summed E-state index contributed by atoms with van der Waals surface area (Å²) in [5.74, 6) is -0.234. The fraction of sp³-hybridized carbons (Fsp3) is 0.0909. The van der Waals surface area contributed by atoms with Crippen LogP contribution in [0, 0.1) is 0 Å². The average Bonchev–Trinajstić information content (AvgIpc) is 3.27. The lowest BCUT2D eigenvalue weighted by Gasteiger charge is -2.35. The second-order valence-corrected chi connectivity index (χ2v) is 7.24. The van der Waals surface area contributed by atoms with Gasteiger partial charge in [-0.2, -0.15) is 0 Å². The topological polar surface area (TPSA) is 69.2 Å². The quantitative estimate of drug-likeness (QED) is 0.555. The van der Waals surface area contributed by atoms with Gasteiger partial charge in [-0.3, -0.25) is 9.69 Å². The molecule has 2 N–H and O–H groups in total. The number of aliphatic hydroxyl groups is 1. The van der Waals surface area contributed by atoms with Crippen molar-refractivity contribution in [1.82, 2.24) is 14.9 Å². The number of hydrogen-bond acceptors (Lipinski definition) is 3. The van der Waals surface area contributed by atoms with Crippen LogP contribution in [0.15, 0.2) is 73.1 Å². The number of imidazole rings is 1. The molecule has 1 aromatic heterocycles. The first-order valence-corrected chi connectivity index (χ1v) is 9.27. The van der Waals surface area contributed by atoms with Crippen molar-refractivity contribution in [1.29, 1.82) is 0 Å². The Hall–Kier alpha value is -3.15. The lowest BCUT2D eigenvalue weighted by molar-refractivity contribution is -0.0542. The lowest BCUT2D eigenvalue weighted by Crippen LogP contribution is -2.44. The van der Waals surface area contributed by atoms with Crippen molar-refractivity contribution in [3.05, 3.63) is 100 Å². The van der Waals surface area contributed by atoms with Crippen LogP contribution in [0.4, 0.5) is 0 Å². The SMILES string of the molecule is O=C1c2ccccc2C(O)(c2ccc3nc[nH]c3c2)N1Cc1ccccc1Cl. The number of aromatic amines is 1. The molecule has 5 nitrogen and oxygen atoms in total. The molecule has 0 bridgehead atoms. The van der Waals surface area contributed by atoms with Crippen LogP contribution in [-0.2, 0) is 12.3 Å². The monoisotopic (exact) mass is 389 g/mol. The summed E-state index contributed by atoms with van der Waals surface area (Å²) in [5.41, 5.74) is 2.39. The van der Waals surface area contributed by atoms with Crippen molar-refractivity contribution in [2.45, 2.75) is 12.3 Å². The highest BCUT2D eigenvalue weighted by Gasteiger charge is 2.49. The molecule has 138 valence electrons. The van der Waals surface area contributed by atoms with Crippen LogP contribution < -0.4 is 0 Å². The number of amides is 1. The van der Waals surface area contributed by atoms with Crippen LogP contribution in [-0.4, -0.2) is 25.9 Å². The second kappa shape index (κ2) is 6.19. The normalized spacial score (nSPS) is 18.6. The third kappa shape index (κ3) is 2.37. The van der Waals surface area contributed by atoms with Gasteiger partial charge in [0, 0.05) is 21.7 Å². The number of H-pyrrole nitrogens is 1. The molecule has 0 spiro atoms. The van der Waals surface area contributed by atoms with E-state index in [2.05, 4.69) is 9.97 Å². The lowest BCUT2D eigenvalue weighted by atomic mass is 9.93. The molecule has 1 atom stereocenters. The van der Waals surface area contributed by atoms with Gasteiger partial charge in [-0.1, -0.05) is 54.1 Å². The Kier molecular flexibility index (Phi) is 3.75. The number of halogens is 1. The predicted octanol–water partition coefficient (Wildman–Crippen LogP) is 4.07. The molecule has 1 aliphatic heterocycles. The molecule has 5 rings (SSSR count). The van der Waals surface area contributed by atoms with E-state index in [-0.39, 0.29) is 12.5 Å². The number of benzene rings is 3. The van der Waals surface area contributed by atoms with Crippen LogP contribution in [0.3, 0.4) is 0 Å². The maximum atomic E-state index is 13.2. The van der Waals surface area contributed by atoms with E-state index in [4.69, 9.17) is 11.6 Å². The van der Waals surface area contributed by atoms with E-state index in [1.807, 2.05) is 36.4 Å². The van der Waals surface area contributed by atoms with Crippen molar-refractivity contribution in [2.75, 3.05) is 0 Å². The summed E-state index contributed by atoms with van der Waals surface area (Å²) >= 11 is 6.33. The molecular formula is C22H16ClN3O2. The number of carbonyl (C=O) groups is 1. The molecule has 0 radical (unpaired) electrons. The van der Waals surface area contributed by atoms with Gasteiger partial charge in [-0.25, -0.2) is 4.98 Å². The Morgan fingerprint density at radius 2 is 1.86 bits per heavy atom. The maximum absolute atomic E-state index is 13.2. The Bertz CT molecular complexity index is 1220. The van der Waals surface area contributed by atoms with Crippen molar-refractivity contribution in [3.8, 4) is 0 Å². The minimum Gasteiger partial charge on any atom is -0.363 e. The Morgan fingerprint density at radius 3 is 2.71 bits per heavy atom. The zero-order valence-electron chi connectivity index (χ0n) is 14.8. The first kappa shape index (κ1) is 17.0. The van der Waals surface area contributed by atoms with Crippen molar-refractivity contribution < 1.29 is 9.90 Å². The summed E-state index contributed by atoms with van der Waals surface area (Å²) < 4.78 is 0. The van der Waals surface area contributed by atoms with Gasteiger partial charge in [0.15, 0.2) is 5.72 Å². The Balaban J connectivity index is 1.70. The van der Waals surface area contributed by atoms with Crippen LogP contribution in [0.25, 0.3) is 11.0 Å². The number of aromatic nitrogens is 2. The van der Waals surface area contributed by atoms with Gasteiger partial charge in [0.1, 0.15) is 0 Å². The summed E-state index contributed by atoms with van der Waals surface area (Å²) in [6.45, 7) is 0.185. The van der Waals surface area contributed by atoms with Gasteiger partial charge in [0.25, 0.3) is 5.91 Å². The summed E-state index contributed by atoms with van der Waals surface area (Å²) in [4.78, 5) is 22.0. The molecule has 0 saturated carbocycles. The van der Waals surface area contributed by atoms with Gasteiger partial charge < -0.3 is 10.1 Å². The number of hydrogen-bond donors (Lipinski definition) is 2. The fourth-order valence-corrected chi connectivity index (χ4v) is 4.05. The van der Waals surface area contributed by atoms with Crippen LogP contribution in [0.5, 0.6) is 0 Å². The third-order valence-corrected chi connectivity index (χ3v) is 5.65. The summed E-state index contributed by atoms with van der Waals surface area (Å²) in [6, 6.07) is 20.0. The van der Waals surface area contributed by atoms with E-state index < -0.39 is 5.72 Å². The molecule has 0 aliphatic carbocycles. The van der Waals surface area contributed by atoms with Crippen LogP contribution >= 0.6 is 11.6 Å². The molecule has 2 heterocycles. The average molecular weight is 390 g/mol. The minimum absolute atomic E-state index is 0.185. The number of rotatable bonds is 3. The smallest absolute Gasteiger partial charge is 0.257 e. The maximum Gasteiger partial charge on any atom is 0.257 e. The molecule has 6 heteroatoms. The van der Waals surface area contributed by atoms with Crippen molar-refractivity contribution in [2.24, 2.45) is 0 Å². The van der Waals surface area contributed by atoms with Crippen LogP contribution in [0.1, 0.15) is 27.0 Å². The molecule has 1 amide bonds. The molecule has 1 unspecified atom stereocenters. The van der Waals surface area contributed by atoms with Crippen LogP contribution in [0.2, 0.25) is 5.02 Å². The van der Waals surface area contributed by atoms with E-state index in [0.29, 0.717) is 21.7 Å². The zero-order chi connectivity index (χ0) is 19.3. The van der Waals surface area contributed by atoms with E-state index in [1.165, 1.54) is 4.90 Å². The third-order valence-electron chi connectivity index (χ3n) is 5.28. The molecule has 3 aromatic carbocycles. The van der Waals surface area contributed by atoms with Gasteiger partial charge >= 0.3 is 0 Å². The molecular weight excluding hydrogens is 374 g/mol. The first-order chi connectivity index (χ1) is 13.6. The molecule has 0 fully saturated rings. The fourth-order valence-electron chi connectivity index (χ4n) is 3.86. The van der Waals surface area contributed by atoms with Crippen molar-refractivity contribution in [3.63, 3.8) is 0 Å². The van der Waals surface area contributed by atoms with Crippen molar-refractivity contribution >= 4 is 28.5 Å². The zero-order valence-corrected chi connectivity index (χ0v) is 15.5. The number of nitrogens with one attached hydrogen (secondary N) is 1. The van der Waals surface area contributed by atoms with E-state index >= 15 is 0 Å². The van der Waals surface area contributed by atoms with E-state index in [1.54, 1.807) is 36.7 Å². The highest BCUT2D eigenvalue weighted by Crippen LogP contribution is 2.43. The number of fused-ring (bicyclic) bond motifs is 2. The Labute approximate surface area is 166 Å². The van der Waals surface area contributed by atoms with Gasteiger partial charge in [-0.05, 0) is 29.8 Å². The summed E-state index contributed by atoms with van der Waals surface area (Å²) in [6.07, 6.45) is 1.60. The molecule has 0 saturated heterocycles. The number of nitrogens with zero attached hydrogens (tertiary/aromatic N) is 2. The number of carbonyl (C=O) groups excluding carboxylic acids is 1. The summed E-state index contributed by atoms with van der Waals surface area (Å²) in [7, 11) is 0.